The topological polar surface area (TPSA) is 52.9 Å². The quantitative estimate of drug-likeness (QED) is 0.795. The second-order valence-corrected chi connectivity index (χ2v) is 6.46. The van der Waals surface area contributed by atoms with E-state index in [1.54, 1.807) is 6.07 Å². The largest absolute Gasteiger partial charge is 0.504 e. The van der Waals surface area contributed by atoms with Crippen LogP contribution in [0.1, 0.15) is 28.3 Å². The van der Waals surface area contributed by atoms with Crippen molar-refractivity contribution in [3.63, 3.8) is 0 Å². The minimum atomic E-state index is -0.0335. The first kappa shape index (κ1) is 14.4. The molecule has 0 spiro atoms. The predicted molar refractivity (Wildman–Crippen MR) is 88.2 cm³/mol. The molecule has 0 saturated carbocycles. The zero-order valence-corrected chi connectivity index (χ0v) is 13.2. The van der Waals surface area contributed by atoms with Gasteiger partial charge in [-0.3, -0.25) is 4.90 Å². The molecular formula is C19H21NO3. The molecule has 0 saturated heterocycles. The maximum Gasteiger partial charge on any atom is 0.160 e. The van der Waals surface area contributed by atoms with E-state index in [4.69, 9.17) is 4.74 Å². The third-order valence-electron chi connectivity index (χ3n) is 5.12. The van der Waals surface area contributed by atoms with Gasteiger partial charge < -0.3 is 14.9 Å². The zero-order valence-electron chi connectivity index (χ0n) is 13.2. The van der Waals surface area contributed by atoms with Crippen LogP contribution in [-0.4, -0.2) is 35.3 Å². The minimum Gasteiger partial charge on any atom is -0.504 e. The van der Waals surface area contributed by atoms with Crippen molar-refractivity contribution < 1.29 is 14.9 Å². The molecule has 0 aliphatic carbocycles. The average molecular weight is 311 g/mol. The summed E-state index contributed by atoms with van der Waals surface area (Å²) in [5.74, 6) is 1.04. The highest BCUT2D eigenvalue weighted by molar-refractivity contribution is 5.51. The summed E-state index contributed by atoms with van der Waals surface area (Å²) in [5, 5.41) is 19.9. The Balaban J connectivity index is 1.77. The van der Waals surface area contributed by atoms with Gasteiger partial charge in [0.25, 0.3) is 0 Å². The fourth-order valence-electron chi connectivity index (χ4n) is 3.79. The predicted octanol–water partition coefficient (Wildman–Crippen LogP) is 2.80. The SMILES string of the molecule is CN1CCc2c(ccc(O)c2O)CC1c1cccc2c1OCC2. The summed E-state index contributed by atoms with van der Waals surface area (Å²) in [7, 11) is 2.11. The van der Waals surface area contributed by atoms with Gasteiger partial charge in [-0.1, -0.05) is 24.3 Å². The lowest BCUT2D eigenvalue weighted by atomic mass is 9.93. The van der Waals surface area contributed by atoms with Crippen molar-refractivity contribution in [1.82, 2.24) is 4.90 Å². The molecule has 0 radical (unpaired) electrons. The first-order chi connectivity index (χ1) is 11.1. The number of phenolic OH excluding ortho intramolecular Hbond substituents is 2. The van der Waals surface area contributed by atoms with Gasteiger partial charge in [-0.25, -0.2) is 0 Å². The van der Waals surface area contributed by atoms with Crippen molar-refractivity contribution in [1.29, 1.82) is 0 Å². The molecule has 0 amide bonds. The number of ether oxygens (including phenoxy) is 1. The van der Waals surface area contributed by atoms with E-state index in [0.29, 0.717) is 0 Å². The van der Waals surface area contributed by atoms with Gasteiger partial charge in [0.05, 0.1) is 6.61 Å². The molecule has 4 nitrogen and oxygen atoms in total. The van der Waals surface area contributed by atoms with Crippen molar-refractivity contribution in [3.05, 3.63) is 52.6 Å². The van der Waals surface area contributed by atoms with Crippen molar-refractivity contribution in [2.45, 2.75) is 25.3 Å². The lowest BCUT2D eigenvalue weighted by Crippen LogP contribution is -2.26. The Morgan fingerprint density at radius 2 is 1.96 bits per heavy atom. The van der Waals surface area contributed by atoms with E-state index in [2.05, 4.69) is 30.1 Å². The van der Waals surface area contributed by atoms with E-state index in [1.807, 2.05) is 6.07 Å². The maximum absolute atomic E-state index is 10.2. The number of hydrogen-bond donors (Lipinski definition) is 2. The summed E-state index contributed by atoms with van der Waals surface area (Å²) in [6.45, 7) is 1.59. The number of likely N-dealkylation sites (N-methyl/N-ethyl adjacent to an activating group) is 1. The van der Waals surface area contributed by atoms with E-state index in [-0.39, 0.29) is 17.5 Å². The Hall–Kier alpha value is -2.20. The van der Waals surface area contributed by atoms with Gasteiger partial charge in [-0.05, 0) is 37.1 Å². The number of benzene rings is 2. The summed E-state index contributed by atoms with van der Waals surface area (Å²) in [6.07, 6.45) is 2.52. The Morgan fingerprint density at radius 1 is 1.09 bits per heavy atom. The van der Waals surface area contributed by atoms with Crippen LogP contribution in [0, 0.1) is 0 Å². The molecule has 23 heavy (non-hydrogen) atoms. The summed E-state index contributed by atoms with van der Waals surface area (Å²) >= 11 is 0. The van der Waals surface area contributed by atoms with Crippen LogP contribution in [-0.2, 0) is 19.3 Å². The molecule has 4 rings (SSSR count). The first-order valence-corrected chi connectivity index (χ1v) is 8.12. The molecule has 4 heteroatoms. The summed E-state index contributed by atoms with van der Waals surface area (Å²) in [5.41, 5.74) is 4.48. The number of hydrogen-bond acceptors (Lipinski definition) is 4. The number of fused-ring (bicyclic) bond motifs is 2. The van der Waals surface area contributed by atoms with Gasteiger partial charge in [-0.15, -0.1) is 0 Å². The van der Waals surface area contributed by atoms with E-state index in [0.717, 1.165) is 49.3 Å². The molecule has 2 aromatic carbocycles. The number of nitrogens with zero attached hydrogens (tertiary/aromatic N) is 1. The molecule has 2 heterocycles. The highest BCUT2D eigenvalue weighted by atomic mass is 16.5. The van der Waals surface area contributed by atoms with Crippen molar-refractivity contribution in [2.75, 3.05) is 20.2 Å². The van der Waals surface area contributed by atoms with Crippen LogP contribution in [0.3, 0.4) is 0 Å². The van der Waals surface area contributed by atoms with Gasteiger partial charge in [0.2, 0.25) is 0 Å². The molecule has 0 fully saturated rings. The minimum absolute atomic E-state index is 0.0334. The van der Waals surface area contributed by atoms with Crippen LogP contribution in [0.2, 0.25) is 0 Å². The molecule has 1 atom stereocenters. The second kappa shape index (κ2) is 5.46. The number of aromatic hydroxyl groups is 2. The molecule has 2 aromatic rings. The molecule has 2 N–H and O–H groups in total. The number of phenols is 2. The Kier molecular flexibility index (Phi) is 3.42. The summed E-state index contributed by atoms with van der Waals surface area (Å²) < 4.78 is 5.89. The Labute approximate surface area is 135 Å². The van der Waals surface area contributed by atoms with Gasteiger partial charge in [-0.2, -0.15) is 0 Å². The van der Waals surface area contributed by atoms with Crippen molar-refractivity contribution in [2.24, 2.45) is 0 Å². The first-order valence-electron chi connectivity index (χ1n) is 8.12. The lowest BCUT2D eigenvalue weighted by Gasteiger charge is -2.27. The average Bonchev–Trinajstić information content (AvgIpc) is 2.97. The second-order valence-electron chi connectivity index (χ2n) is 6.46. The highest BCUT2D eigenvalue weighted by Crippen LogP contribution is 2.41. The van der Waals surface area contributed by atoms with Crippen LogP contribution in [0.15, 0.2) is 30.3 Å². The zero-order chi connectivity index (χ0) is 16.0. The molecule has 1 unspecified atom stereocenters. The van der Waals surface area contributed by atoms with Crippen molar-refractivity contribution >= 4 is 0 Å². The van der Waals surface area contributed by atoms with Crippen LogP contribution in [0.4, 0.5) is 0 Å². The van der Waals surface area contributed by atoms with E-state index in [9.17, 15) is 10.2 Å². The summed E-state index contributed by atoms with van der Waals surface area (Å²) in [4.78, 5) is 2.31. The van der Waals surface area contributed by atoms with Crippen LogP contribution < -0.4 is 4.74 Å². The third-order valence-corrected chi connectivity index (χ3v) is 5.12. The van der Waals surface area contributed by atoms with E-state index >= 15 is 0 Å². The Bertz CT molecular complexity index is 757. The standard InChI is InChI=1S/C19H21NO3/c1-20-9-7-14-13(5-6-17(21)18(14)22)11-16(20)15-4-2-3-12-8-10-23-19(12)15/h2-6,16,21-22H,7-11H2,1H3. The maximum atomic E-state index is 10.2. The number of para-hydroxylation sites is 1. The van der Waals surface area contributed by atoms with Gasteiger partial charge in [0.15, 0.2) is 11.5 Å². The molecule has 0 bridgehead atoms. The van der Waals surface area contributed by atoms with Gasteiger partial charge in [0, 0.05) is 30.1 Å². The van der Waals surface area contributed by atoms with E-state index in [1.165, 1.54) is 11.1 Å². The third kappa shape index (κ3) is 2.34. The summed E-state index contributed by atoms with van der Waals surface area (Å²) in [6, 6.07) is 10.1. The van der Waals surface area contributed by atoms with Gasteiger partial charge in [0.1, 0.15) is 5.75 Å². The number of rotatable bonds is 1. The lowest BCUT2D eigenvalue weighted by molar-refractivity contribution is 0.246. The fourth-order valence-corrected chi connectivity index (χ4v) is 3.79. The van der Waals surface area contributed by atoms with Crippen LogP contribution in [0.25, 0.3) is 0 Å². The highest BCUT2D eigenvalue weighted by Gasteiger charge is 2.29. The molecule has 2 aliphatic rings. The van der Waals surface area contributed by atoms with Crippen molar-refractivity contribution in [3.8, 4) is 17.2 Å². The fraction of sp³-hybridized carbons (Fsp3) is 0.368. The molecule has 120 valence electrons. The Morgan fingerprint density at radius 3 is 2.83 bits per heavy atom. The van der Waals surface area contributed by atoms with Gasteiger partial charge >= 0.3 is 0 Å². The van der Waals surface area contributed by atoms with E-state index < -0.39 is 0 Å². The molecule has 2 aliphatic heterocycles. The smallest absolute Gasteiger partial charge is 0.160 e. The molecule has 0 aromatic heterocycles. The monoisotopic (exact) mass is 311 g/mol. The van der Waals surface area contributed by atoms with Crippen LogP contribution >= 0.6 is 0 Å². The normalized spacial score (nSPS) is 20.5. The van der Waals surface area contributed by atoms with Crippen LogP contribution in [0.5, 0.6) is 17.2 Å². The molecular weight excluding hydrogens is 290 g/mol.